The number of rotatable bonds is 10. The van der Waals surface area contributed by atoms with E-state index in [1.165, 1.54) is 0 Å². The molecule has 4 rings (SSSR count). The van der Waals surface area contributed by atoms with Gasteiger partial charge in [0.2, 0.25) is 0 Å². The van der Waals surface area contributed by atoms with Crippen LogP contribution >= 0.6 is 0 Å². The molecule has 1 N–H and O–H groups in total. The quantitative estimate of drug-likeness (QED) is 0.429. The number of nitrogens with zero attached hydrogens (tertiary/aromatic N) is 3. The van der Waals surface area contributed by atoms with E-state index in [1.54, 1.807) is 0 Å². The van der Waals surface area contributed by atoms with Crippen molar-refractivity contribution in [1.29, 1.82) is 5.26 Å². The van der Waals surface area contributed by atoms with Crippen LogP contribution in [0.4, 0.5) is 0 Å². The molecule has 0 unspecified atom stereocenters. The van der Waals surface area contributed by atoms with Gasteiger partial charge in [-0.1, -0.05) is 60.7 Å². The molecule has 6 heteroatoms. The van der Waals surface area contributed by atoms with Gasteiger partial charge in [-0.3, -0.25) is 4.68 Å². The number of ether oxygens (including phenoxy) is 1. The lowest BCUT2D eigenvalue weighted by Gasteiger charge is -2.28. The van der Waals surface area contributed by atoms with Crippen molar-refractivity contribution in [2.75, 3.05) is 13.2 Å². The predicted octanol–water partition coefficient (Wildman–Crippen LogP) is 5.58. The fraction of sp³-hybridized carbons (Fsp3) is 0.393. The molecule has 34 heavy (non-hydrogen) atoms. The van der Waals surface area contributed by atoms with Crippen LogP contribution in [-0.4, -0.2) is 34.1 Å². The summed E-state index contributed by atoms with van der Waals surface area (Å²) in [6.45, 7) is 1.13. The summed E-state index contributed by atoms with van der Waals surface area (Å²) in [7, 11) is 0. The van der Waals surface area contributed by atoms with Gasteiger partial charge in [-0.05, 0) is 43.1 Å². The molecule has 0 atom stereocenters. The predicted molar refractivity (Wildman–Crippen MR) is 131 cm³/mol. The summed E-state index contributed by atoms with van der Waals surface area (Å²) in [6.07, 6.45) is 5.33. The van der Waals surface area contributed by atoms with Crippen LogP contribution in [0.25, 0.3) is 22.4 Å². The van der Waals surface area contributed by atoms with E-state index in [9.17, 15) is 10.1 Å². The molecule has 1 heterocycles. The number of carboxylic acid groups (broad SMARTS) is 1. The van der Waals surface area contributed by atoms with Crippen LogP contribution in [0.5, 0.6) is 0 Å². The van der Waals surface area contributed by atoms with Gasteiger partial charge in [-0.2, -0.15) is 10.4 Å². The Kier molecular flexibility index (Phi) is 8.11. The van der Waals surface area contributed by atoms with Crippen LogP contribution in [0.1, 0.15) is 37.8 Å². The largest absolute Gasteiger partial charge is 0.480 e. The van der Waals surface area contributed by atoms with Gasteiger partial charge in [0, 0.05) is 36.2 Å². The minimum absolute atomic E-state index is 0.222. The maximum absolute atomic E-state index is 10.7. The molecule has 0 aliphatic heterocycles. The van der Waals surface area contributed by atoms with E-state index >= 15 is 0 Å². The maximum atomic E-state index is 10.7. The number of hydrogen-bond acceptors (Lipinski definition) is 4. The highest BCUT2D eigenvalue weighted by Crippen LogP contribution is 2.37. The van der Waals surface area contributed by atoms with Crippen LogP contribution in [0, 0.1) is 23.2 Å². The highest BCUT2D eigenvalue weighted by Gasteiger charge is 2.25. The average Bonchev–Trinajstić information content (AvgIpc) is 3.22. The fourth-order valence-corrected chi connectivity index (χ4v) is 4.92. The summed E-state index contributed by atoms with van der Waals surface area (Å²) in [5.41, 5.74) is 5.42. The van der Waals surface area contributed by atoms with Crippen molar-refractivity contribution in [3.63, 3.8) is 0 Å². The molecule has 2 aromatic carbocycles. The van der Waals surface area contributed by atoms with Crippen molar-refractivity contribution in [2.45, 2.75) is 45.1 Å². The summed E-state index contributed by atoms with van der Waals surface area (Å²) in [4.78, 5) is 10.7. The molecule has 0 saturated heterocycles. The third-order valence-corrected chi connectivity index (χ3v) is 6.62. The Hall–Kier alpha value is -3.43. The topological polar surface area (TPSA) is 88.1 Å². The van der Waals surface area contributed by atoms with Crippen LogP contribution in [0.3, 0.4) is 0 Å². The lowest BCUT2D eigenvalue weighted by atomic mass is 9.82. The number of benzene rings is 2. The van der Waals surface area contributed by atoms with E-state index in [1.807, 2.05) is 36.4 Å². The molecular weight excluding hydrogens is 426 g/mol. The number of aliphatic carboxylic acids is 1. The van der Waals surface area contributed by atoms with Gasteiger partial charge >= 0.3 is 5.97 Å². The first kappa shape index (κ1) is 23.7. The molecule has 0 radical (unpaired) electrons. The van der Waals surface area contributed by atoms with Gasteiger partial charge in [0.05, 0.1) is 12.7 Å². The fourth-order valence-electron chi connectivity index (χ4n) is 4.92. The van der Waals surface area contributed by atoms with Crippen LogP contribution in [0.2, 0.25) is 0 Å². The van der Waals surface area contributed by atoms with Gasteiger partial charge in [0.25, 0.3) is 0 Å². The lowest BCUT2D eigenvalue weighted by Crippen LogP contribution is -2.23. The zero-order chi connectivity index (χ0) is 23.8. The van der Waals surface area contributed by atoms with Gasteiger partial charge in [-0.25, -0.2) is 4.79 Å². The van der Waals surface area contributed by atoms with Crippen LogP contribution in [0.15, 0.2) is 60.7 Å². The minimum atomic E-state index is -0.916. The second-order valence-corrected chi connectivity index (χ2v) is 9.04. The monoisotopic (exact) mass is 457 g/mol. The van der Waals surface area contributed by atoms with Gasteiger partial charge < -0.3 is 9.84 Å². The molecule has 0 spiro atoms. The maximum Gasteiger partial charge on any atom is 0.329 e. The highest BCUT2D eigenvalue weighted by molar-refractivity contribution is 5.82. The van der Waals surface area contributed by atoms with Crippen molar-refractivity contribution in [3.8, 4) is 28.5 Å². The molecule has 1 saturated carbocycles. The normalized spacial score (nSPS) is 17.9. The van der Waals surface area contributed by atoms with E-state index in [-0.39, 0.29) is 6.61 Å². The Bertz CT molecular complexity index is 1110. The standard InChI is InChI=1S/C28H31N3O3/c29-17-7-12-25-27(23-8-3-1-4-9-23)28(24-10-5-2-6-11-24)30-31(25)18-21-13-15-22(16-14-21)19-34-20-26(32)33/h1-6,8-11,21-22H,7,12-16,18-20H2,(H,32,33). The Balaban J connectivity index is 1.58. The first-order chi connectivity index (χ1) is 16.7. The molecule has 1 aliphatic carbocycles. The van der Waals surface area contributed by atoms with E-state index in [0.29, 0.717) is 31.3 Å². The van der Waals surface area contributed by atoms with Gasteiger partial charge in [0.1, 0.15) is 12.3 Å². The second kappa shape index (κ2) is 11.6. The van der Waals surface area contributed by atoms with Crippen molar-refractivity contribution < 1.29 is 14.6 Å². The lowest BCUT2D eigenvalue weighted by molar-refractivity contribution is -0.142. The Morgan fingerprint density at radius 2 is 1.62 bits per heavy atom. The summed E-state index contributed by atoms with van der Waals surface area (Å²) in [5, 5.41) is 23.2. The number of hydrogen-bond donors (Lipinski definition) is 1. The third-order valence-electron chi connectivity index (χ3n) is 6.62. The first-order valence-corrected chi connectivity index (χ1v) is 12.0. The molecule has 1 aromatic heterocycles. The van der Waals surface area contributed by atoms with Crippen molar-refractivity contribution in [2.24, 2.45) is 11.8 Å². The smallest absolute Gasteiger partial charge is 0.329 e. The first-order valence-electron chi connectivity index (χ1n) is 12.0. The Labute approximate surface area is 200 Å². The zero-order valence-corrected chi connectivity index (χ0v) is 19.4. The van der Waals surface area contributed by atoms with Crippen LogP contribution in [-0.2, 0) is 22.5 Å². The number of nitriles is 1. The molecule has 1 aliphatic rings. The van der Waals surface area contributed by atoms with E-state index in [0.717, 1.165) is 60.3 Å². The summed E-state index contributed by atoms with van der Waals surface area (Å²) < 4.78 is 7.47. The molecule has 6 nitrogen and oxygen atoms in total. The van der Waals surface area contributed by atoms with Crippen LogP contribution < -0.4 is 0 Å². The molecule has 0 bridgehead atoms. The van der Waals surface area contributed by atoms with E-state index < -0.39 is 5.97 Å². The molecule has 1 fully saturated rings. The highest BCUT2D eigenvalue weighted by atomic mass is 16.5. The molecule has 0 amide bonds. The third kappa shape index (κ3) is 5.92. The molecule has 176 valence electrons. The summed E-state index contributed by atoms with van der Waals surface area (Å²) >= 11 is 0. The second-order valence-electron chi connectivity index (χ2n) is 9.04. The Morgan fingerprint density at radius 3 is 2.24 bits per heavy atom. The molecular formula is C28H31N3O3. The number of carboxylic acids is 1. The molecule has 3 aromatic rings. The number of carbonyl (C=O) groups is 1. The summed E-state index contributed by atoms with van der Waals surface area (Å²) in [5.74, 6) is 0.00968. The van der Waals surface area contributed by atoms with Crippen molar-refractivity contribution in [3.05, 3.63) is 66.4 Å². The van der Waals surface area contributed by atoms with Crippen molar-refractivity contribution in [1.82, 2.24) is 9.78 Å². The van der Waals surface area contributed by atoms with Gasteiger partial charge in [0.15, 0.2) is 0 Å². The summed E-state index contributed by atoms with van der Waals surface area (Å²) in [6, 6.07) is 22.9. The van der Waals surface area contributed by atoms with E-state index in [4.69, 9.17) is 14.9 Å². The van der Waals surface area contributed by atoms with E-state index in [2.05, 4.69) is 35.0 Å². The van der Waals surface area contributed by atoms with Gasteiger partial charge in [-0.15, -0.1) is 0 Å². The number of aromatic nitrogens is 2. The SMILES string of the molecule is N#CCCc1c(-c2ccccc2)c(-c2ccccc2)nn1CC1CCC(COCC(=O)O)CC1. The van der Waals surface area contributed by atoms with Crippen molar-refractivity contribution >= 4 is 5.97 Å². The zero-order valence-electron chi connectivity index (χ0n) is 19.4. The average molecular weight is 458 g/mol. The minimum Gasteiger partial charge on any atom is -0.480 e. The Morgan fingerprint density at radius 1 is 1.00 bits per heavy atom.